The lowest BCUT2D eigenvalue weighted by atomic mass is 9.96. The number of carbonyl (C=O) groups excluding carboxylic acids is 1. The average Bonchev–Trinajstić information content (AvgIpc) is 3.02. The van der Waals surface area contributed by atoms with Crippen LogP contribution in [0.2, 0.25) is 0 Å². The van der Waals surface area contributed by atoms with E-state index in [0.717, 1.165) is 25.9 Å². The molecule has 3 rings (SSSR count). The van der Waals surface area contributed by atoms with Crippen LogP contribution in [0, 0.1) is 16.0 Å². The first-order chi connectivity index (χ1) is 11.6. The van der Waals surface area contributed by atoms with Gasteiger partial charge in [-0.05, 0) is 37.9 Å². The number of H-pyrrole nitrogens is 1. The van der Waals surface area contributed by atoms with E-state index in [4.69, 9.17) is 0 Å². The van der Waals surface area contributed by atoms with E-state index >= 15 is 0 Å². The van der Waals surface area contributed by atoms with Crippen LogP contribution >= 0.6 is 12.4 Å². The number of benzene rings is 1. The van der Waals surface area contributed by atoms with E-state index in [1.807, 2.05) is 0 Å². The number of nitrogens with one attached hydrogen (secondary N) is 2. The molecule has 1 saturated heterocycles. The number of fused-ring (bicyclic) bond motifs is 1. The number of nitrogens with zero attached hydrogens (tertiary/aromatic N) is 3. The Balaban J connectivity index is 0.00000225. The van der Waals surface area contributed by atoms with Gasteiger partial charge in [-0.25, -0.2) is 0 Å². The van der Waals surface area contributed by atoms with Crippen molar-refractivity contribution < 1.29 is 9.72 Å². The minimum atomic E-state index is -0.465. The fourth-order valence-electron chi connectivity index (χ4n) is 3.12. The monoisotopic (exact) mass is 367 g/mol. The second kappa shape index (κ2) is 8.26. The van der Waals surface area contributed by atoms with E-state index in [0.29, 0.717) is 29.9 Å². The highest BCUT2D eigenvalue weighted by molar-refractivity contribution is 6.05. The van der Waals surface area contributed by atoms with Gasteiger partial charge in [0.15, 0.2) is 5.69 Å². The van der Waals surface area contributed by atoms with Gasteiger partial charge in [-0.2, -0.15) is 5.10 Å². The highest BCUT2D eigenvalue weighted by Gasteiger charge is 2.26. The molecule has 0 radical (unpaired) electrons. The van der Waals surface area contributed by atoms with Crippen LogP contribution in [0.5, 0.6) is 0 Å². The summed E-state index contributed by atoms with van der Waals surface area (Å²) in [6.07, 6.45) is 1.92. The SMILES string of the molecule is CCNCC1CCN(C(=O)c2n[nH]c3ccc([N+](=O)[O-])cc23)CC1.Cl. The highest BCUT2D eigenvalue weighted by Crippen LogP contribution is 2.24. The molecular formula is C16H22ClN5O3. The Morgan fingerprint density at radius 1 is 1.44 bits per heavy atom. The normalized spacial score (nSPS) is 15.2. The lowest BCUT2D eigenvalue weighted by Crippen LogP contribution is -2.41. The molecule has 25 heavy (non-hydrogen) atoms. The fourth-order valence-corrected chi connectivity index (χ4v) is 3.12. The summed E-state index contributed by atoms with van der Waals surface area (Å²) in [5.41, 5.74) is 0.854. The Kier molecular flexibility index (Phi) is 6.33. The molecule has 0 spiro atoms. The lowest BCUT2D eigenvalue weighted by molar-refractivity contribution is -0.384. The zero-order valence-corrected chi connectivity index (χ0v) is 14.8. The van der Waals surface area contributed by atoms with Gasteiger partial charge in [-0.15, -0.1) is 12.4 Å². The van der Waals surface area contributed by atoms with Gasteiger partial charge >= 0.3 is 0 Å². The first-order valence-electron chi connectivity index (χ1n) is 8.22. The van der Waals surface area contributed by atoms with Crippen LogP contribution in [0.3, 0.4) is 0 Å². The summed E-state index contributed by atoms with van der Waals surface area (Å²) in [5.74, 6) is 0.426. The summed E-state index contributed by atoms with van der Waals surface area (Å²) in [5, 5.41) is 21.7. The molecule has 1 fully saturated rings. The van der Waals surface area contributed by atoms with Gasteiger partial charge in [-0.3, -0.25) is 20.0 Å². The number of amides is 1. The average molecular weight is 368 g/mol. The first kappa shape index (κ1) is 19.1. The van der Waals surface area contributed by atoms with Crippen molar-refractivity contribution in [2.24, 2.45) is 5.92 Å². The summed E-state index contributed by atoms with van der Waals surface area (Å²) in [6, 6.07) is 4.39. The van der Waals surface area contributed by atoms with Crippen molar-refractivity contribution in [2.45, 2.75) is 19.8 Å². The number of hydrogen-bond donors (Lipinski definition) is 2. The van der Waals surface area contributed by atoms with Gasteiger partial charge in [-0.1, -0.05) is 6.92 Å². The molecule has 1 aromatic carbocycles. The molecule has 0 unspecified atom stereocenters. The number of non-ortho nitro benzene ring substituents is 1. The van der Waals surface area contributed by atoms with Gasteiger partial charge < -0.3 is 10.2 Å². The standard InChI is InChI=1S/C16H21N5O3.ClH/c1-2-17-10-11-5-7-20(8-6-11)16(22)15-13-9-12(21(23)24)3-4-14(13)18-19-15;/h3-4,9,11,17H,2,5-8,10H2,1H3,(H,18,19);1H. The molecule has 0 bridgehead atoms. The highest BCUT2D eigenvalue weighted by atomic mass is 35.5. The molecule has 1 aliphatic heterocycles. The molecule has 1 aliphatic rings. The maximum atomic E-state index is 12.7. The Labute approximate surface area is 151 Å². The molecule has 1 amide bonds. The second-order valence-corrected chi connectivity index (χ2v) is 6.10. The van der Waals surface area contributed by atoms with Crippen molar-refractivity contribution in [1.82, 2.24) is 20.4 Å². The molecule has 0 atom stereocenters. The number of carbonyl (C=O) groups is 1. The van der Waals surface area contributed by atoms with E-state index in [-0.39, 0.29) is 29.7 Å². The van der Waals surface area contributed by atoms with Crippen LogP contribution in [-0.2, 0) is 0 Å². The quantitative estimate of drug-likeness (QED) is 0.623. The van der Waals surface area contributed by atoms with Crippen LogP contribution in [0.15, 0.2) is 18.2 Å². The van der Waals surface area contributed by atoms with Crippen molar-refractivity contribution in [3.63, 3.8) is 0 Å². The summed E-state index contributed by atoms with van der Waals surface area (Å²) in [7, 11) is 0. The maximum Gasteiger partial charge on any atom is 0.274 e. The summed E-state index contributed by atoms with van der Waals surface area (Å²) >= 11 is 0. The van der Waals surface area contributed by atoms with Gasteiger partial charge in [0, 0.05) is 30.6 Å². The van der Waals surface area contributed by atoms with E-state index in [9.17, 15) is 14.9 Å². The van der Waals surface area contributed by atoms with Gasteiger partial charge in [0.05, 0.1) is 10.4 Å². The number of halogens is 1. The number of rotatable bonds is 5. The number of aromatic nitrogens is 2. The summed E-state index contributed by atoms with van der Waals surface area (Å²) < 4.78 is 0. The summed E-state index contributed by atoms with van der Waals surface area (Å²) in [6.45, 7) is 5.41. The lowest BCUT2D eigenvalue weighted by Gasteiger charge is -2.31. The molecule has 0 aliphatic carbocycles. The van der Waals surface area contributed by atoms with Crippen molar-refractivity contribution in [3.05, 3.63) is 34.0 Å². The van der Waals surface area contributed by atoms with Gasteiger partial charge in [0.25, 0.3) is 11.6 Å². The largest absolute Gasteiger partial charge is 0.337 e. The zero-order chi connectivity index (χ0) is 17.1. The van der Waals surface area contributed by atoms with Crippen LogP contribution in [0.25, 0.3) is 10.9 Å². The number of piperidine rings is 1. The van der Waals surface area contributed by atoms with Crippen molar-refractivity contribution in [1.29, 1.82) is 0 Å². The topological polar surface area (TPSA) is 104 Å². The Morgan fingerprint density at radius 2 is 2.16 bits per heavy atom. The van der Waals surface area contributed by atoms with E-state index in [1.54, 1.807) is 11.0 Å². The second-order valence-electron chi connectivity index (χ2n) is 6.10. The molecule has 136 valence electrons. The van der Waals surface area contributed by atoms with Crippen LogP contribution in [0.4, 0.5) is 5.69 Å². The summed E-state index contributed by atoms with van der Waals surface area (Å²) in [4.78, 5) is 25.0. The predicted octanol–water partition coefficient (Wildman–Crippen LogP) is 2.35. The van der Waals surface area contributed by atoms with Crippen LogP contribution in [0.1, 0.15) is 30.3 Å². The van der Waals surface area contributed by atoms with Gasteiger partial charge in [0.1, 0.15) is 0 Å². The van der Waals surface area contributed by atoms with E-state index < -0.39 is 4.92 Å². The molecular weight excluding hydrogens is 346 g/mol. The molecule has 1 aromatic heterocycles. The molecule has 0 saturated carbocycles. The number of nitro benzene ring substituents is 1. The number of nitro groups is 1. The minimum Gasteiger partial charge on any atom is -0.337 e. The van der Waals surface area contributed by atoms with Crippen LogP contribution in [-0.4, -0.2) is 52.1 Å². The number of likely N-dealkylation sites (tertiary alicyclic amines) is 1. The third-order valence-corrected chi connectivity index (χ3v) is 4.54. The van der Waals surface area contributed by atoms with Crippen LogP contribution < -0.4 is 5.32 Å². The Morgan fingerprint density at radius 3 is 2.80 bits per heavy atom. The zero-order valence-electron chi connectivity index (χ0n) is 14.0. The van der Waals surface area contributed by atoms with Crippen molar-refractivity contribution in [3.8, 4) is 0 Å². The Bertz CT molecular complexity index is 755. The third kappa shape index (κ3) is 4.08. The minimum absolute atomic E-state index is 0. The smallest absolute Gasteiger partial charge is 0.274 e. The van der Waals surface area contributed by atoms with E-state index in [1.165, 1.54) is 12.1 Å². The molecule has 8 nitrogen and oxygen atoms in total. The third-order valence-electron chi connectivity index (χ3n) is 4.54. The van der Waals surface area contributed by atoms with Gasteiger partial charge in [0.2, 0.25) is 0 Å². The van der Waals surface area contributed by atoms with E-state index in [2.05, 4.69) is 22.4 Å². The molecule has 2 aromatic rings. The maximum absolute atomic E-state index is 12.7. The molecule has 2 heterocycles. The predicted molar refractivity (Wildman–Crippen MR) is 97.2 cm³/mol. The number of hydrogen-bond acceptors (Lipinski definition) is 5. The molecule has 2 N–H and O–H groups in total. The van der Waals surface area contributed by atoms with Crippen molar-refractivity contribution >= 4 is 34.9 Å². The first-order valence-corrected chi connectivity index (χ1v) is 8.22. The Hall–Kier alpha value is -2.19. The molecule has 9 heteroatoms. The fraction of sp³-hybridized carbons (Fsp3) is 0.500. The number of aromatic amines is 1. The van der Waals surface area contributed by atoms with Crippen molar-refractivity contribution in [2.75, 3.05) is 26.2 Å².